The molecule has 1 amide bonds. The number of carbonyl (C=O) groups is 2. The molecular weight excluding hydrogens is 398 g/mol. The van der Waals surface area contributed by atoms with Crippen molar-refractivity contribution < 1.29 is 28.5 Å². The van der Waals surface area contributed by atoms with E-state index >= 15 is 0 Å². The van der Waals surface area contributed by atoms with Gasteiger partial charge in [-0.3, -0.25) is 4.79 Å². The SMILES string of the molecule is COc1cc2ccccc2cc1C(=O)OCC(=O)N(C)C[C@H]1COc2ccccc2O1. The second kappa shape index (κ2) is 8.95. The Hall–Kier alpha value is -3.74. The molecule has 0 saturated heterocycles. The zero-order valence-electron chi connectivity index (χ0n) is 17.4. The van der Waals surface area contributed by atoms with Crippen molar-refractivity contribution in [2.45, 2.75) is 6.10 Å². The van der Waals surface area contributed by atoms with Gasteiger partial charge in [0.05, 0.1) is 13.7 Å². The summed E-state index contributed by atoms with van der Waals surface area (Å²) in [6, 6.07) is 18.5. The molecule has 0 aliphatic carbocycles. The molecule has 4 rings (SSSR count). The molecule has 3 aromatic carbocycles. The Morgan fingerprint density at radius 1 is 1.03 bits per heavy atom. The van der Waals surface area contributed by atoms with Crippen LogP contribution in [0.1, 0.15) is 10.4 Å². The largest absolute Gasteiger partial charge is 0.496 e. The molecule has 1 heterocycles. The fraction of sp³-hybridized carbons (Fsp3) is 0.250. The van der Waals surface area contributed by atoms with Crippen LogP contribution in [0.3, 0.4) is 0 Å². The Morgan fingerprint density at radius 3 is 2.45 bits per heavy atom. The van der Waals surface area contributed by atoms with Gasteiger partial charge in [0.25, 0.3) is 5.91 Å². The van der Waals surface area contributed by atoms with Crippen LogP contribution in [0.25, 0.3) is 10.8 Å². The number of likely N-dealkylation sites (N-methyl/N-ethyl adjacent to an activating group) is 1. The van der Waals surface area contributed by atoms with Crippen molar-refractivity contribution in [3.05, 3.63) is 66.2 Å². The van der Waals surface area contributed by atoms with E-state index in [0.29, 0.717) is 30.4 Å². The van der Waals surface area contributed by atoms with Gasteiger partial charge in [0.2, 0.25) is 0 Å². The average molecular weight is 421 g/mol. The lowest BCUT2D eigenvalue weighted by Gasteiger charge is -2.29. The summed E-state index contributed by atoms with van der Waals surface area (Å²) >= 11 is 0. The van der Waals surface area contributed by atoms with Gasteiger partial charge in [-0.2, -0.15) is 0 Å². The minimum absolute atomic E-state index is 0.275. The topological polar surface area (TPSA) is 74.3 Å². The smallest absolute Gasteiger partial charge is 0.342 e. The first-order valence-electron chi connectivity index (χ1n) is 9.91. The fourth-order valence-corrected chi connectivity index (χ4v) is 3.42. The molecular formula is C24H23NO6. The van der Waals surface area contributed by atoms with Crippen molar-refractivity contribution in [3.63, 3.8) is 0 Å². The number of nitrogens with zero attached hydrogens (tertiary/aromatic N) is 1. The van der Waals surface area contributed by atoms with Crippen molar-refractivity contribution in [2.24, 2.45) is 0 Å². The summed E-state index contributed by atoms with van der Waals surface area (Å²) in [5.74, 6) is 0.780. The Bertz CT molecular complexity index is 1110. The predicted molar refractivity (Wildman–Crippen MR) is 115 cm³/mol. The Labute approximate surface area is 180 Å². The number of hydrogen-bond acceptors (Lipinski definition) is 6. The van der Waals surface area contributed by atoms with Gasteiger partial charge in [0, 0.05) is 7.05 Å². The predicted octanol–water partition coefficient (Wildman–Crippen LogP) is 3.30. The molecule has 0 N–H and O–H groups in total. The summed E-state index contributed by atoms with van der Waals surface area (Å²) < 4.78 is 22.1. The van der Waals surface area contributed by atoms with E-state index < -0.39 is 5.97 Å². The van der Waals surface area contributed by atoms with E-state index in [0.717, 1.165) is 10.8 Å². The van der Waals surface area contributed by atoms with Crippen LogP contribution in [-0.4, -0.2) is 56.8 Å². The van der Waals surface area contributed by atoms with Crippen molar-refractivity contribution in [2.75, 3.05) is 33.9 Å². The summed E-state index contributed by atoms with van der Waals surface area (Å²) in [5, 5.41) is 1.83. The van der Waals surface area contributed by atoms with Gasteiger partial charge < -0.3 is 23.8 Å². The number of fused-ring (bicyclic) bond motifs is 2. The quantitative estimate of drug-likeness (QED) is 0.569. The number of benzene rings is 3. The highest BCUT2D eigenvalue weighted by Crippen LogP contribution is 2.31. The van der Waals surface area contributed by atoms with Crippen molar-refractivity contribution in [1.82, 2.24) is 4.90 Å². The summed E-state index contributed by atoms with van der Waals surface area (Å²) in [5.41, 5.74) is 0.275. The van der Waals surface area contributed by atoms with Gasteiger partial charge in [-0.15, -0.1) is 0 Å². The molecule has 1 atom stereocenters. The second-order valence-corrected chi connectivity index (χ2v) is 7.25. The van der Waals surface area contributed by atoms with E-state index in [4.69, 9.17) is 18.9 Å². The van der Waals surface area contributed by atoms with E-state index in [9.17, 15) is 9.59 Å². The third-order valence-corrected chi connectivity index (χ3v) is 5.09. The molecule has 0 unspecified atom stereocenters. The molecule has 31 heavy (non-hydrogen) atoms. The van der Waals surface area contributed by atoms with Gasteiger partial charge in [-0.05, 0) is 35.0 Å². The molecule has 1 aliphatic heterocycles. The standard InChI is InChI=1S/C24H23NO6/c1-25(13-18-14-29-20-9-5-6-10-21(20)31-18)23(26)15-30-24(27)19-11-16-7-3-4-8-17(16)12-22(19)28-2/h3-12,18H,13-15H2,1-2H3/t18-/m0/s1. The van der Waals surface area contributed by atoms with Gasteiger partial charge in [-0.1, -0.05) is 36.4 Å². The van der Waals surface area contributed by atoms with Crippen LogP contribution >= 0.6 is 0 Å². The van der Waals surface area contributed by atoms with Crippen LogP contribution in [0, 0.1) is 0 Å². The maximum absolute atomic E-state index is 12.6. The molecule has 0 bridgehead atoms. The lowest BCUT2D eigenvalue weighted by Crippen LogP contribution is -2.43. The number of hydrogen-bond donors (Lipinski definition) is 0. The maximum Gasteiger partial charge on any atom is 0.342 e. The van der Waals surface area contributed by atoms with E-state index in [1.807, 2.05) is 48.5 Å². The van der Waals surface area contributed by atoms with Gasteiger partial charge >= 0.3 is 5.97 Å². The molecule has 3 aromatic rings. The molecule has 160 valence electrons. The highest BCUT2D eigenvalue weighted by molar-refractivity contribution is 5.99. The molecule has 0 aromatic heterocycles. The maximum atomic E-state index is 12.6. The molecule has 0 saturated carbocycles. The van der Waals surface area contributed by atoms with E-state index in [1.165, 1.54) is 12.0 Å². The van der Waals surface area contributed by atoms with Crippen LogP contribution < -0.4 is 14.2 Å². The van der Waals surface area contributed by atoms with Crippen molar-refractivity contribution >= 4 is 22.6 Å². The fourth-order valence-electron chi connectivity index (χ4n) is 3.42. The van der Waals surface area contributed by atoms with Crippen LogP contribution in [0.15, 0.2) is 60.7 Å². The van der Waals surface area contributed by atoms with Crippen LogP contribution in [0.4, 0.5) is 0 Å². The number of ether oxygens (including phenoxy) is 4. The first kappa shape index (κ1) is 20.5. The average Bonchev–Trinajstić information content (AvgIpc) is 2.81. The number of carbonyl (C=O) groups excluding carboxylic acids is 2. The lowest BCUT2D eigenvalue weighted by molar-refractivity contribution is -0.134. The first-order valence-corrected chi connectivity index (χ1v) is 9.91. The van der Waals surface area contributed by atoms with Gasteiger partial charge in [-0.25, -0.2) is 4.79 Å². The molecule has 1 aliphatic rings. The molecule has 7 heteroatoms. The first-order chi connectivity index (χ1) is 15.0. The zero-order valence-corrected chi connectivity index (χ0v) is 17.4. The summed E-state index contributed by atoms with van der Waals surface area (Å²) in [6.45, 7) is 0.266. The van der Waals surface area contributed by atoms with Gasteiger partial charge in [0.15, 0.2) is 24.2 Å². The third-order valence-electron chi connectivity index (χ3n) is 5.09. The number of methoxy groups -OCH3 is 1. The highest BCUT2D eigenvalue weighted by Gasteiger charge is 2.24. The van der Waals surface area contributed by atoms with Crippen LogP contribution in [0.5, 0.6) is 17.2 Å². The Morgan fingerprint density at radius 2 is 1.71 bits per heavy atom. The lowest BCUT2D eigenvalue weighted by atomic mass is 10.1. The molecule has 7 nitrogen and oxygen atoms in total. The molecule has 0 fully saturated rings. The second-order valence-electron chi connectivity index (χ2n) is 7.25. The number of esters is 1. The van der Waals surface area contributed by atoms with E-state index in [-0.39, 0.29) is 24.2 Å². The monoisotopic (exact) mass is 421 g/mol. The van der Waals surface area contributed by atoms with Gasteiger partial charge in [0.1, 0.15) is 17.9 Å². The normalized spacial score (nSPS) is 14.7. The number of rotatable bonds is 6. The molecule has 0 radical (unpaired) electrons. The Balaban J connectivity index is 1.35. The highest BCUT2D eigenvalue weighted by atomic mass is 16.6. The van der Waals surface area contributed by atoms with Crippen molar-refractivity contribution in [3.8, 4) is 17.2 Å². The zero-order chi connectivity index (χ0) is 21.8. The molecule has 0 spiro atoms. The third kappa shape index (κ3) is 4.55. The summed E-state index contributed by atoms with van der Waals surface area (Å²) in [6.07, 6.45) is -0.305. The van der Waals surface area contributed by atoms with E-state index in [2.05, 4.69) is 0 Å². The number of amides is 1. The minimum Gasteiger partial charge on any atom is -0.496 e. The van der Waals surface area contributed by atoms with E-state index in [1.54, 1.807) is 19.2 Å². The summed E-state index contributed by atoms with van der Waals surface area (Å²) in [4.78, 5) is 26.6. The van der Waals surface area contributed by atoms with Crippen LogP contribution in [0.2, 0.25) is 0 Å². The minimum atomic E-state index is -0.615. The summed E-state index contributed by atoms with van der Waals surface area (Å²) in [7, 11) is 3.13. The van der Waals surface area contributed by atoms with Crippen LogP contribution in [-0.2, 0) is 9.53 Å². The Kier molecular flexibility index (Phi) is 5.93. The number of para-hydroxylation sites is 2. The van der Waals surface area contributed by atoms with Crippen molar-refractivity contribution in [1.29, 1.82) is 0 Å².